The fourth-order valence-corrected chi connectivity index (χ4v) is 4.29. The summed E-state index contributed by atoms with van der Waals surface area (Å²) in [5.74, 6) is -1.36. The van der Waals surface area contributed by atoms with Crippen molar-refractivity contribution in [3.63, 3.8) is 0 Å². The molecule has 10 heteroatoms. The summed E-state index contributed by atoms with van der Waals surface area (Å²) < 4.78 is 28.4. The molecule has 2 heterocycles. The van der Waals surface area contributed by atoms with Gasteiger partial charge in [-0.3, -0.25) is 9.78 Å². The van der Waals surface area contributed by atoms with E-state index < -0.39 is 23.4 Å². The summed E-state index contributed by atoms with van der Waals surface area (Å²) in [4.78, 5) is 36.8. The highest BCUT2D eigenvalue weighted by Gasteiger charge is 2.23. The van der Waals surface area contributed by atoms with Gasteiger partial charge in [-0.1, -0.05) is 11.6 Å². The number of anilines is 3. The second kappa shape index (κ2) is 9.87. The van der Waals surface area contributed by atoms with E-state index in [1.165, 1.54) is 42.5 Å². The zero-order chi connectivity index (χ0) is 25.2. The molecular weight excluding hydrogens is 488 g/mol. The summed E-state index contributed by atoms with van der Waals surface area (Å²) in [5, 5.41) is 4.73. The van der Waals surface area contributed by atoms with Crippen LogP contribution in [0.3, 0.4) is 0 Å². The number of nitrogens with one attached hydrogen (secondary N) is 2. The van der Waals surface area contributed by atoms with Crippen LogP contribution in [-0.2, 0) is 0 Å². The standard InChI is InChI=1S/C26H20ClF2N5O2/c27-18-8-10-20(33-26(36)31-17-6-4-16(28)5-7-17)24(29)23(18)25(35)15-3-9-19-21(13-15)32-22(14-30-19)34-11-1-2-12-34/h3-10,13-14H,1-2,11-12H2,(H2,31,33,36). The van der Waals surface area contributed by atoms with Crippen LogP contribution >= 0.6 is 11.6 Å². The van der Waals surface area contributed by atoms with E-state index in [-0.39, 0.29) is 21.8 Å². The van der Waals surface area contributed by atoms with Crippen molar-refractivity contribution in [2.75, 3.05) is 28.6 Å². The molecule has 1 saturated heterocycles. The fourth-order valence-electron chi connectivity index (χ4n) is 4.06. The van der Waals surface area contributed by atoms with Crippen LogP contribution < -0.4 is 15.5 Å². The zero-order valence-corrected chi connectivity index (χ0v) is 19.6. The third-order valence-electron chi connectivity index (χ3n) is 5.89. The summed E-state index contributed by atoms with van der Waals surface area (Å²) in [5.41, 5.74) is 0.997. The third kappa shape index (κ3) is 4.83. The van der Waals surface area contributed by atoms with Crippen LogP contribution in [0.4, 0.5) is 30.8 Å². The highest BCUT2D eigenvalue weighted by Crippen LogP contribution is 2.29. The van der Waals surface area contributed by atoms with Gasteiger partial charge in [-0.25, -0.2) is 18.6 Å². The van der Waals surface area contributed by atoms with Gasteiger partial charge in [0.1, 0.15) is 11.6 Å². The second-order valence-electron chi connectivity index (χ2n) is 8.32. The van der Waals surface area contributed by atoms with Crippen molar-refractivity contribution in [1.29, 1.82) is 0 Å². The summed E-state index contributed by atoms with van der Waals surface area (Å²) in [6.45, 7) is 1.79. The van der Waals surface area contributed by atoms with Crippen molar-refractivity contribution in [2.24, 2.45) is 0 Å². The summed E-state index contributed by atoms with van der Waals surface area (Å²) in [6, 6.07) is 11.6. The molecule has 1 aliphatic rings. The number of benzene rings is 3. The molecule has 0 radical (unpaired) electrons. The minimum Gasteiger partial charge on any atom is -0.355 e. The lowest BCUT2D eigenvalue weighted by atomic mass is 10.0. The van der Waals surface area contributed by atoms with Crippen LogP contribution in [0.2, 0.25) is 5.02 Å². The normalized spacial score (nSPS) is 13.1. The van der Waals surface area contributed by atoms with E-state index in [1.807, 2.05) is 0 Å². The molecule has 0 bridgehead atoms. The van der Waals surface area contributed by atoms with Gasteiger partial charge in [0, 0.05) is 24.3 Å². The molecule has 3 aromatic carbocycles. The van der Waals surface area contributed by atoms with Gasteiger partial charge < -0.3 is 15.5 Å². The summed E-state index contributed by atoms with van der Waals surface area (Å²) >= 11 is 6.20. The lowest BCUT2D eigenvalue weighted by Gasteiger charge is -2.16. The first-order valence-electron chi connectivity index (χ1n) is 11.3. The van der Waals surface area contributed by atoms with Gasteiger partial charge in [-0.15, -0.1) is 0 Å². The SMILES string of the molecule is O=C(Nc1ccc(F)cc1)Nc1ccc(Cl)c(C(=O)c2ccc3ncc(N4CCCC4)nc3c2)c1F. The molecule has 0 atom stereocenters. The second-order valence-corrected chi connectivity index (χ2v) is 8.73. The smallest absolute Gasteiger partial charge is 0.323 e. The van der Waals surface area contributed by atoms with Crippen LogP contribution in [0.15, 0.2) is 60.8 Å². The van der Waals surface area contributed by atoms with Crippen molar-refractivity contribution >= 4 is 51.6 Å². The van der Waals surface area contributed by atoms with Crippen molar-refractivity contribution in [3.8, 4) is 0 Å². The molecule has 5 rings (SSSR count). The minimum absolute atomic E-state index is 0.0982. The average Bonchev–Trinajstić information content (AvgIpc) is 3.42. The van der Waals surface area contributed by atoms with Gasteiger partial charge in [0.05, 0.1) is 33.5 Å². The van der Waals surface area contributed by atoms with Crippen molar-refractivity contribution in [2.45, 2.75) is 12.8 Å². The van der Waals surface area contributed by atoms with Gasteiger partial charge in [0.25, 0.3) is 0 Å². The van der Waals surface area contributed by atoms with Crippen LogP contribution in [0.1, 0.15) is 28.8 Å². The van der Waals surface area contributed by atoms with Gasteiger partial charge in [0.15, 0.2) is 11.6 Å². The molecule has 2 N–H and O–H groups in total. The Balaban J connectivity index is 1.41. The number of hydrogen-bond acceptors (Lipinski definition) is 5. The Kier molecular flexibility index (Phi) is 6.47. The van der Waals surface area contributed by atoms with Gasteiger partial charge in [-0.05, 0) is 67.4 Å². The first-order valence-corrected chi connectivity index (χ1v) is 11.6. The largest absolute Gasteiger partial charge is 0.355 e. The van der Waals surface area contributed by atoms with Gasteiger partial charge in [-0.2, -0.15) is 0 Å². The number of amides is 2. The van der Waals surface area contributed by atoms with E-state index in [0.717, 1.165) is 31.7 Å². The van der Waals surface area contributed by atoms with E-state index in [2.05, 4.69) is 25.5 Å². The minimum atomic E-state index is -0.973. The molecule has 182 valence electrons. The lowest BCUT2D eigenvalue weighted by molar-refractivity contribution is 0.103. The average molecular weight is 508 g/mol. The van der Waals surface area contributed by atoms with Crippen LogP contribution in [0.25, 0.3) is 11.0 Å². The van der Waals surface area contributed by atoms with Crippen molar-refractivity contribution in [1.82, 2.24) is 9.97 Å². The van der Waals surface area contributed by atoms with Crippen LogP contribution in [0.5, 0.6) is 0 Å². The van der Waals surface area contributed by atoms with Crippen molar-refractivity contribution in [3.05, 3.63) is 88.6 Å². The predicted molar refractivity (Wildman–Crippen MR) is 135 cm³/mol. The number of rotatable bonds is 5. The Labute approximate surface area is 210 Å². The molecule has 4 aromatic rings. The number of carbonyl (C=O) groups is 2. The highest BCUT2D eigenvalue weighted by atomic mass is 35.5. The third-order valence-corrected chi connectivity index (χ3v) is 6.21. The van der Waals surface area contributed by atoms with E-state index in [9.17, 15) is 14.0 Å². The Hall–Kier alpha value is -4.11. The molecule has 0 spiro atoms. The number of fused-ring (bicyclic) bond motifs is 1. The lowest BCUT2D eigenvalue weighted by Crippen LogP contribution is -2.21. The highest BCUT2D eigenvalue weighted by molar-refractivity contribution is 6.35. The molecule has 0 unspecified atom stereocenters. The molecule has 2 amide bonds. The molecule has 0 saturated carbocycles. The molecule has 1 aromatic heterocycles. The number of carbonyl (C=O) groups excluding carboxylic acids is 2. The first kappa shape index (κ1) is 23.6. The Morgan fingerprint density at radius 3 is 2.42 bits per heavy atom. The topological polar surface area (TPSA) is 87.2 Å². The Morgan fingerprint density at radius 2 is 1.67 bits per heavy atom. The molecular formula is C26H20ClF2N5O2. The summed E-state index contributed by atoms with van der Waals surface area (Å²) in [7, 11) is 0. The van der Waals surface area contributed by atoms with Gasteiger partial charge in [0.2, 0.25) is 0 Å². The predicted octanol–water partition coefficient (Wildman–Crippen LogP) is 6.04. The number of ketones is 1. The zero-order valence-electron chi connectivity index (χ0n) is 18.9. The fraction of sp³-hybridized carbons (Fsp3) is 0.154. The maximum absolute atomic E-state index is 15.4. The number of halogens is 3. The number of nitrogens with zero attached hydrogens (tertiary/aromatic N) is 3. The molecule has 36 heavy (non-hydrogen) atoms. The Morgan fingerprint density at radius 1 is 0.917 bits per heavy atom. The van der Waals surface area contributed by atoms with E-state index in [0.29, 0.717) is 16.7 Å². The van der Waals surface area contributed by atoms with Crippen molar-refractivity contribution < 1.29 is 18.4 Å². The number of aromatic nitrogens is 2. The van der Waals surface area contributed by atoms with Crippen LogP contribution in [0, 0.1) is 11.6 Å². The van der Waals surface area contributed by atoms with E-state index in [1.54, 1.807) is 18.3 Å². The quantitative estimate of drug-likeness (QED) is 0.322. The first-order chi connectivity index (χ1) is 17.4. The van der Waals surface area contributed by atoms with E-state index >= 15 is 4.39 Å². The maximum atomic E-state index is 15.4. The summed E-state index contributed by atoms with van der Waals surface area (Å²) in [6.07, 6.45) is 3.88. The molecule has 1 aliphatic heterocycles. The Bertz CT molecular complexity index is 1470. The van der Waals surface area contributed by atoms with Crippen LogP contribution in [-0.4, -0.2) is 34.9 Å². The maximum Gasteiger partial charge on any atom is 0.323 e. The molecule has 1 fully saturated rings. The molecule has 7 nitrogen and oxygen atoms in total. The number of urea groups is 1. The molecule has 0 aliphatic carbocycles. The van der Waals surface area contributed by atoms with Gasteiger partial charge >= 0.3 is 6.03 Å². The monoisotopic (exact) mass is 507 g/mol. The number of hydrogen-bond donors (Lipinski definition) is 2. The van der Waals surface area contributed by atoms with E-state index in [4.69, 9.17) is 11.6 Å².